The molecule has 0 saturated carbocycles. The lowest BCUT2D eigenvalue weighted by molar-refractivity contribution is -0.140. The Kier molecular flexibility index (Phi) is 9.14. The van der Waals surface area contributed by atoms with E-state index in [9.17, 15) is 22.8 Å². The first kappa shape index (κ1) is 29.6. The Bertz CT molecular complexity index is 1680. The summed E-state index contributed by atoms with van der Waals surface area (Å²) in [4.78, 5) is 30.1. The second-order valence-corrected chi connectivity index (χ2v) is 11.7. The zero-order valence-corrected chi connectivity index (χ0v) is 25.7. The van der Waals surface area contributed by atoms with Crippen molar-refractivity contribution in [3.63, 3.8) is 0 Å². The molecule has 0 aliphatic carbocycles. The lowest BCUT2D eigenvalue weighted by atomic mass is 9.95. The number of hydrogen-bond acceptors (Lipinski definition) is 6. The molecule has 0 fully saturated rings. The van der Waals surface area contributed by atoms with Gasteiger partial charge in [0.15, 0.2) is 10.5 Å². The number of thiazole rings is 1. The Morgan fingerprint density at radius 3 is 2.46 bits per heavy atom. The summed E-state index contributed by atoms with van der Waals surface area (Å²) in [6.07, 6.45) is 1.85. The molecule has 1 aliphatic rings. The van der Waals surface area contributed by atoms with Crippen molar-refractivity contribution in [2.75, 3.05) is 13.2 Å². The molecule has 4 rings (SSSR count). The van der Waals surface area contributed by atoms with Crippen LogP contribution in [0, 0.1) is 19.5 Å². The molecule has 0 spiro atoms. The molecule has 0 unspecified atom stereocenters. The third-order valence-electron chi connectivity index (χ3n) is 5.40. The number of carbonyl (C=O) groups is 1. The third kappa shape index (κ3) is 6.21. The number of fused-ring (bicyclic) bond motifs is 1. The van der Waals surface area contributed by atoms with Crippen LogP contribution in [-0.4, -0.2) is 29.9 Å². The van der Waals surface area contributed by atoms with E-state index in [2.05, 4.69) is 56.1 Å². The molecule has 3 aromatic rings. The van der Waals surface area contributed by atoms with E-state index in [-0.39, 0.29) is 28.1 Å². The Morgan fingerprint density at radius 1 is 1.26 bits per heavy atom. The quantitative estimate of drug-likeness (QED) is 0.195. The summed E-state index contributed by atoms with van der Waals surface area (Å²) in [5, 5.41) is 0.336. The number of rotatable bonds is 6. The van der Waals surface area contributed by atoms with Crippen LogP contribution in [0.2, 0.25) is 5.02 Å². The van der Waals surface area contributed by atoms with E-state index in [1.54, 1.807) is 18.2 Å². The van der Waals surface area contributed by atoms with Gasteiger partial charge >= 0.3 is 12.1 Å². The van der Waals surface area contributed by atoms with E-state index in [1.165, 1.54) is 31.2 Å². The van der Waals surface area contributed by atoms with Gasteiger partial charge in [0.05, 0.1) is 29.9 Å². The molecule has 0 amide bonds. The Morgan fingerprint density at radius 2 is 1.90 bits per heavy atom. The van der Waals surface area contributed by atoms with Crippen LogP contribution in [0.5, 0.6) is 5.75 Å². The van der Waals surface area contributed by atoms with Crippen LogP contribution in [0.4, 0.5) is 13.2 Å². The minimum Gasteiger partial charge on any atom is -0.479 e. The molecule has 0 saturated heterocycles. The molecule has 0 radical (unpaired) electrons. The lowest BCUT2D eigenvalue weighted by Crippen LogP contribution is -2.41. The maximum atomic E-state index is 14.2. The molecule has 6 nitrogen and oxygen atoms in total. The van der Waals surface area contributed by atoms with Crippen molar-refractivity contribution in [3.05, 3.63) is 90.6 Å². The SMILES string of the molecule is C#CCOc1c(I)cc(/C=c2\sc3n(c2=O)[C@H](c2ccc(Cl)cc2)C(C(=O)OCC)=C(C(F)(F)F)N=3)cc1I. The van der Waals surface area contributed by atoms with Gasteiger partial charge in [-0.1, -0.05) is 41.0 Å². The van der Waals surface area contributed by atoms with Crippen LogP contribution in [0.3, 0.4) is 0 Å². The third-order valence-corrected chi connectivity index (χ3v) is 8.24. The van der Waals surface area contributed by atoms with Crippen molar-refractivity contribution >= 4 is 80.2 Å². The number of allylic oxidation sites excluding steroid dienone is 1. The van der Waals surface area contributed by atoms with Crippen molar-refractivity contribution in [1.82, 2.24) is 4.57 Å². The molecule has 0 bridgehead atoms. The van der Waals surface area contributed by atoms with Gasteiger partial charge in [-0.3, -0.25) is 9.36 Å². The summed E-state index contributed by atoms with van der Waals surface area (Å²) in [6.45, 7) is 1.40. The summed E-state index contributed by atoms with van der Waals surface area (Å²) in [5.74, 6) is 1.77. The van der Waals surface area contributed by atoms with Gasteiger partial charge in [-0.15, -0.1) is 6.42 Å². The maximum Gasteiger partial charge on any atom is 0.434 e. The number of carbonyl (C=O) groups excluding carboxylic acids is 1. The number of benzene rings is 2. The minimum atomic E-state index is -4.98. The summed E-state index contributed by atoms with van der Waals surface area (Å²) in [6, 6.07) is 7.94. The highest BCUT2D eigenvalue weighted by atomic mass is 127. The predicted octanol–water partition coefficient (Wildman–Crippen LogP) is 5.22. The van der Waals surface area contributed by atoms with Crippen LogP contribution in [0.15, 0.2) is 57.5 Å². The molecule has 2 heterocycles. The summed E-state index contributed by atoms with van der Waals surface area (Å²) < 4.78 is 55.9. The lowest BCUT2D eigenvalue weighted by Gasteiger charge is -2.26. The fraction of sp³-hybridized carbons (Fsp3) is 0.192. The van der Waals surface area contributed by atoms with Gasteiger partial charge < -0.3 is 9.47 Å². The van der Waals surface area contributed by atoms with E-state index in [4.69, 9.17) is 27.5 Å². The number of alkyl halides is 3. The molecule has 1 atom stereocenters. The largest absolute Gasteiger partial charge is 0.479 e. The van der Waals surface area contributed by atoms with E-state index in [1.807, 2.05) is 0 Å². The average Bonchev–Trinajstić information content (AvgIpc) is 3.17. The highest BCUT2D eigenvalue weighted by Gasteiger charge is 2.45. The normalized spacial score (nSPS) is 15.4. The van der Waals surface area contributed by atoms with Crippen LogP contribution in [0.1, 0.15) is 24.1 Å². The smallest absolute Gasteiger partial charge is 0.434 e. The molecular formula is C26H16ClF3I2N2O4S. The predicted molar refractivity (Wildman–Crippen MR) is 158 cm³/mol. The van der Waals surface area contributed by atoms with Gasteiger partial charge in [0.1, 0.15) is 12.4 Å². The maximum absolute atomic E-state index is 14.2. The number of nitrogens with zero attached hydrogens (tertiary/aromatic N) is 2. The van der Waals surface area contributed by atoms with Gasteiger partial charge in [0, 0.05) is 5.02 Å². The second-order valence-electron chi connectivity index (χ2n) is 7.92. The molecule has 13 heteroatoms. The fourth-order valence-electron chi connectivity index (χ4n) is 3.87. The highest BCUT2D eigenvalue weighted by molar-refractivity contribution is 14.1. The molecule has 2 aromatic carbocycles. The molecule has 202 valence electrons. The van der Waals surface area contributed by atoms with Crippen molar-refractivity contribution in [1.29, 1.82) is 0 Å². The topological polar surface area (TPSA) is 69.9 Å². The van der Waals surface area contributed by atoms with Crippen LogP contribution in [0.25, 0.3) is 6.08 Å². The summed E-state index contributed by atoms with van der Waals surface area (Å²) in [5.41, 5.74) is -1.94. The molecule has 0 N–H and O–H groups in total. The minimum absolute atomic E-state index is 0.0823. The molecule has 1 aromatic heterocycles. The van der Waals surface area contributed by atoms with E-state index in [0.717, 1.165) is 23.0 Å². The first-order chi connectivity index (χ1) is 18.5. The Balaban J connectivity index is 1.98. The molecular weight excluding hydrogens is 783 g/mol. The number of aromatic nitrogens is 1. The van der Waals surface area contributed by atoms with Crippen molar-refractivity contribution in [2.24, 2.45) is 4.99 Å². The van der Waals surface area contributed by atoms with E-state index in [0.29, 0.717) is 16.3 Å². The number of esters is 1. The number of terminal acetylenes is 1. The fourth-order valence-corrected chi connectivity index (χ4v) is 7.12. The van der Waals surface area contributed by atoms with E-state index < -0.39 is 35.0 Å². The van der Waals surface area contributed by atoms with Gasteiger partial charge in [-0.25, -0.2) is 9.79 Å². The van der Waals surface area contributed by atoms with E-state index >= 15 is 0 Å². The highest BCUT2D eigenvalue weighted by Crippen LogP contribution is 2.38. The van der Waals surface area contributed by atoms with Gasteiger partial charge in [0.25, 0.3) is 5.56 Å². The van der Waals surface area contributed by atoms with Gasteiger partial charge in [0.2, 0.25) is 0 Å². The molecule has 39 heavy (non-hydrogen) atoms. The molecule has 1 aliphatic heterocycles. The zero-order valence-electron chi connectivity index (χ0n) is 19.8. The van der Waals surface area contributed by atoms with Crippen molar-refractivity contribution < 1.29 is 27.4 Å². The number of halogens is 6. The summed E-state index contributed by atoms with van der Waals surface area (Å²) >= 11 is 10.9. The first-order valence-electron chi connectivity index (χ1n) is 11.1. The average molecular weight is 799 g/mol. The van der Waals surface area contributed by atoms with Crippen molar-refractivity contribution in [3.8, 4) is 18.1 Å². The van der Waals surface area contributed by atoms with Crippen molar-refractivity contribution in [2.45, 2.75) is 19.1 Å². The van der Waals surface area contributed by atoms with Crippen LogP contribution in [-0.2, 0) is 9.53 Å². The zero-order chi connectivity index (χ0) is 28.5. The van der Waals surface area contributed by atoms with Gasteiger partial charge in [-0.05, 0) is 93.6 Å². The Hall–Kier alpha value is -2.35. The number of hydrogen-bond donors (Lipinski definition) is 0. The monoisotopic (exact) mass is 798 g/mol. The van der Waals surface area contributed by atoms with Crippen LogP contribution < -0.4 is 19.6 Å². The number of ether oxygens (including phenoxy) is 2. The first-order valence-corrected chi connectivity index (χ1v) is 14.4. The second kappa shape index (κ2) is 12.0. The Labute approximate surface area is 256 Å². The van der Waals surface area contributed by atoms with Gasteiger partial charge in [-0.2, -0.15) is 13.2 Å². The standard InChI is InChI=1S/C26H16ClF3I2N2O4S/c1-3-9-38-21-16(31)10-13(11-17(21)32)12-18-23(35)34-20(14-5-7-15(27)8-6-14)19(24(36)37-4-2)22(26(28,29)30)33-25(34)39-18/h1,5-8,10-12,20H,4,9H2,2H3/b18-12-/t20-/m1/s1. The summed E-state index contributed by atoms with van der Waals surface area (Å²) in [7, 11) is 0. The van der Waals surface area contributed by atoms with Crippen LogP contribution >= 0.6 is 68.1 Å².